The van der Waals surface area contributed by atoms with Crippen molar-refractivity contribution in [1.82, 2.24) is 9.97 Å². The van der Waals surface area contributed by atoms with Crippen LogP contribution < -0.4 is 15.5 Å². The van der Waals surface area contributed by atoms with Crippen molar-refractivity contribution in [3.05, 3.63) is 36.2 Å². The van der Waals surface area contributed by atoms with Gasteiger partial charge in [0.2, 0.25) is 0 Å². The number of anilines is 2. The van der Waals surface area contributed by atoms with E-state index < -0.39 is 6.03 Å². The van der Waals surface area contributed by atoms with Crippen molar-refractivity contribution < 1.29 is 4.79 Å². The Morgan fingerprint density at radius 2 is 2.23 bits per heavy atom. The number of nitrogens with two attached hydrogens (primary N) is 1. The van der Waals surface area contributed by atoms with Crippen LogP contribution in [0.4, 0.5) is 16.3 Å². The summed E-state index contributed by atoms with van der Waals surface area (Å²) in [5, 5.41) is 0. The summed E-state index contributed by atoms with van der Waals surface area (Å²) in [7, 11) is 0. The molecular weight excluding hydrogens is 278 g/mol. The van der Waals surface area contributed by atoms with Crippen LogP contribution in [0.2, 0.25) is 0 Å². The summed E-state index contributed by atoms with van der Waals surface area (Å²) in [6, 6.07) is 7.64. The molecule has 22 heavy (non-hydrogen) atoms. The fourth-order valence-corrected chi connectivity index (χ4v) is 3.36. The van der Waals surface area contributed by atoms with Crippen molar-refractivity contribution in [2.24, 2.45) is 5.73 Å². The van der Waals surface area contributed by atoms with Gasteiger partial charge in [0.1, 0.15) is 0 Å². The third kappa shape index (κ3) is 1.91. The molecule has 0 spiro atoms. The van der Waals surface area contributed by atoms with Crippen LogP contribution in [0.3, 0.4) is 0 Å². The van der Waals surface area contributed by atoms with E-state index in [9.17, 15) is 4.79 Å². The number of carbonyl (C=O) groups is 1. The lowest BCUT2D eigenvalue weighted by molar-refractivity contribution is 0.252. The highest BCUT2D eigenvalue weighted by atomic mass is 16.2. The maximum Gasteiger partial charge on any atom is 0.320 e. The standard InChI is InChI=1S/C16H17N5O/c1-10-8-11(4-6-18-10)13-2-3-14-15(19-13)21(16(17)22)12-5-7-20(14)9-12/h2-4,6,8,12H,5,7,9H2,1H3,(H2,17,22). The predicted octanol–water partition coefficient (Wildman–Crippen LogP) is 1.93. The molecule has 0 radical (unpaired) electrons. The SMILES string of the molecule is Cc1cc(-c2ccc3c(n2)N(C(N)=O)C2CCN3C2)ccn1. The summed E-state index contributed by atoms with van der Waals surface area (Å²) in [5.41, 5.74) is 9.35. The molecular formula is C16H17N5O. The van der Waals surface area contributed by atoms with Crippen LogP contribution in [0, 0.1) is 6.92 Å². The first-order valence-corrected chi connectivity index (χ1v) is 7.41. The maximum atomic E-state index is 11.9. The van der Waals surface area contributed by atoms with Gasteiger partial charge in [-0.25, -0.2) is 9.78 Å². The molecule has 2 aliphatic heterocycles. The highest BCUT2D eigenvalue weighted by Gasteiger charge is 2.39. The van der Waals surface area contributed by atoms with Crippen LogP contribution in [0.15, 0.2) is 30.5 Å². The van der Waals surface area contributed by atoms with E-state index in [0.29, 0.717) is 5.82 Å². The first kappa shape index (κ1) is 13.1. The molecule has 2 aromatic heterocycles. The van der Waals surface area contributed by atoms with Crippen molar-refractivity contribution >= 4 is 17.5 Å². The molecule has 0 aromatic carbocycles. The summed E-state index contributed by atoms with van der Waals surface area (Å²) in [6.45, 7) is 3.73. The van der Waals surface area contributed by atoms with E-state index in [1.807, 2.05) is 31.2 Å². The van der Waals surface area contributed by atoms with Crippen LogP contribution >= 0.6 is 0 Å². The van der Waals surface area contributed by atoms with Crippen molar-refractivity contribution in [2.75, 3.05) is 22.9 Å². The number of rotatable bonds is 1. The van der Waals surface area contributed by atoms with Gasteiger partial charge in [0.05, 0.1) is 17.4 Å². The normalized spacial score (nSPS) is 19.2. The predicted molar refractivity (Wildman–Crippen MR) is 84.9 cm³/mol. The Morgan fingerprint density at radius 3 is 3.00 bits per heavy atom. The number of carbonyl (C=O) groups excluding carboxylic acids is 1. The molecule has 4 heterocycles. The Labute approximate surface area is 128 Å². The number of hydrogen-bond acceptors (Lipinski definition) is 4. The van der Waals surface area contributed by atoms with Crippen molar-refractivity contribution in [3.8, 4) is 11.3 Å². The molecule has 2 aliphatic rings. The van der Waals surface area contributed by atoms with E-state index >= 15 is 0 Å². The van der Waals surface area contributed by atoms with Crippen molar-refractivity contribution in [3.63, 3.8) is 0 Å². The third-order valence-corrected chi connectivity index (χ3v) is 4.38. The quantitative estimate of drug-likeness (QED) is 0.872. The lowest BCUT2D eigenvalue weighted by Gasteiger charge is -2.34. The second-order valence-electron chi connectivity index (χ2n) is 5.82. The molecule has 0 saturated carbocycles. The topological polar surface area (TPSA) is 75.4 Å². The van der Waals surface area contributed by atoms with Gasteiger partial charge >= 0.3 is 6.03 Å². The number of aryl methyl sites for hydroxylation is 1. The molecule has 2 aromatic rings. The van der Waals surface area contributed by atoms with Gasteiger partial charge in [0.25, 0.3) is 0 Å². The Balaban J connectivity index is 1.85. The smallest absolute Gasteiger partial charge is 0.320 e. The molecule has 2 amide bonds. The van der Waals surface area contributed by atoms with E-state index in [1.54, 1.807) is 11.1 Å². The maximum absolute atomic E-state index is 11.9. The first-order valence-electron chi connectivity index (χ1n) is 7.41. The van der Waals surface area contributed by atoms with Gasteiger partial charge < -0.3 is 10.6 Å². The average molecular weight is 295 g/mol. The van der Waals surface area contributed by atoms with Crippen LogP contribution in [-0.2, 0) is 0 Å². The lowest BCUT2D eigenvalue weighted by Crippen LogP contribution is -2.48. The summed E-state index contributed by atoms with van der Waals surface area (Å²) in [6.07, 6.45) is 2.70. The summed E-state index contributed by atoms with van der Waals surface area (Å²) < 4.78 is 0. The molecule has 1 unspecified atom stereocenters. The molecule has 2 bridgehead atoms. The van der Waals surface area contributed by atoms with Gasteiger partial charge in [-0.3, -0.25) is 9.88 Å². The summed E-state index contributed by atoms with van der Waals surface area (Å²) in [4.78, 5) is 24.7. The van der Waals surface area contributed by atoms with E-state index in [1.165, 1.54) is 0 Å². The minimum atomic E-state index is -0.427. The highest BCUT2D eigenvalue weighted by molar-refractivity contribution is 5.96. The number of pyridine rings is 2. The Bertz CT molecular complexity index is 760. The largest absolute Gasteiger partial charge is 0.366 e. The Kier molecular flexibility index (Phi) is 2.79. The molecule has 1 fully saturated rings. The zero-order valence-corrected chi connectivity index (χ0v) is 12.4. The molecule has 6 nitrogen and oxygen atoms in total. The van der Waals surface area contributed by atoms with Crippen LogP contribution in [0.25, 0.3) is 11.3 Å². The number of hydrogen-bond donors (Lipinski definition) is 1. The average Bonchev–Trinajstić information content (AvgIpc) is 2.91. The molecule has 112 valence electrons. The van der Waals surface area contributed by atoms with Crippen LogP contribution in [-0.4, -0.2) is 35.1 Å². The lowest BCUT2D eigenvalue weighted by atomic mass is 10.1. The van der Waals surface area contributed by atoms with Gasteiger partial charge in [-0.1, -0.05) is 0 Å². The molecule has 1 atom stereocenters. The van der Waals surface area contributed by atoms with Crippen molar-refractivity contribution in [1.29, 1.82) is 0 Å². The van der Waals surface area contributed by atoms with E-state index in [4.69, 9.17) is 10.7 Å². The van der Waals surface area contributed by atoms with Gasteiger partial charge in [-0.05, 0) is 37.6 Å². The number of urea groups is 1. The fraction of sp³-hybridized carbons (Fsp3) is 0.312. The van der Waals surface area contributed by atoms with Crippen LogP contribution in [0.5, 0.6) is 0 Å². The second-order valence-corrected chi connectivity index (χ2v) is 5.82. The third-order valence-electron chi connectivity index (χ3n) is 4.38. The zero-order valence-electron chi connectivity index (χ0n) is 12.4. The number of fused-ring (bicyclic) bond motifs is 4. The van der Waals surface area contributed by atoms with Gasteiger partial charge in [0.15, 0.2) is 5.82 Å². The minimum Gasteiger partial charge on any atom is -0.366 e. The Morgan fingerprint density at radius 1 is 1.36 bits per heavy atom. The molecule has 2 N–H and O–H groups in total. The zero-order chi connectivity index (χ0) is 15.3. The molecule has 0 aliphatic carbocycles. The second kappa shape index (κ2) is 4.69. The Hall–Kier alpha value is -2.63. The van der Waals surface area contributed by atoms with Crippen LogP contribution in [0.1, 0.15) is 12.1 Å². The first-order chi connectivity index (χ1) is 10.6. The van der Waals surface area contributed by atoms with Gasteiger partial charge in [0, 0.05) is 30.5 Å². The van der Waals surface area contributed by atoms with Gasteiger partial charge in [-0.2, -0.15) is 0 Å². The molecule has 1 saturated heterocycles. The number of primary amides is 1. The van der Waals surface area contributed by atoms with E-state index in [0.717, 1.165) is 42.1 Å². The van der Waals surface area contributed by atoms with Gasteiger partial charge in [-0.15, -0.1) is 0 Å². The number of amides is 2. The fourth-order valence-electron chi connectivity index (χ4n) is 3.36. The minimum absolute atomic E-state index is 0.131. The number of nitrogens with zero attached hydrogens (tertiary/aromatic N) is 4. The summed E-state index contributed by atoms with van der Waals surface area (Å²) >= 11 is 0. The molecule has 6 heteroatoms. The molecule has 4 rings (SSSR count). The monoisotopic (exact) mass is 295 g/mol. The summed E-state index contributed by atoms with van der Waals surface area (Å²) in [5.74, 6) is 0.674. The van der Waals surface area contributed by atoms with E-state index in [2.05, 4.69) is 9.88 Å². The number of aromatic nitrogens is 2. The highest BCUT2D eigenvalue weighted by Crippen LogP contribution is 2.39. The van der Waals surface area contributed by atoms with Crippen molar-refractivity contribution in [2.45, 2.75) is 19.4 Å². The van der Waals surface area contributed by atoms with E-state index in [-0.39, 0.29) is 6.04 Å².